The minimum absolute atomic E-state index is 0.144. The summed E-state index contributed by atoms with van der Waals surface area (Å²) in [7, 11) is 1.63. The lowest BCUT2D eigenvalue weighted by molar-refractivity contribution is 0.242. The van der Waals surface area contributed by atoms with E-state index in [1.807, 2.05) is 62.4 Å². The van der Waals surface area contributed by atoms with Crippen LogP contribution in [0.4, 0.5) is 0 Å². The molecule has 0 fully saturated rings. The first-order chi connectivity index (χ1) is 11.2. The number of rotatable bonds is 5. The molecule has 0 unspecified atom stereocenters. The van der Waals surface area contributed by atoms with Crippen LogP contribution in [-0.2, 0) is 0 Å². The Labute approximate surface area is 134 Å². The van der Waals surface area contributed by atoms with E-state index in [2.05, 4.69) is 10.1 Å². The third-order valence-corrected chi connectivity index (χ3v) is 3.25. The summed E-state index contributed by atoms with van der Waals surface area (Å²) in [5.41, 5.74) is 1.73. The van der Waals surface area contributed by atoms with Crippen molar-refractivity contribution >= 4 is 0 Å². The van der Waals surface area contributed by atoms with Crippen LogP contribution < -0.4 is 9.47 Å². The summed E-state index contributed by atoms with van der Waals surface area (Å²) in [5.74, 6) is 2.63. The van der Waals surface area contributed by atoms with E-state index >= 15 is 0 Å². The molecule has 3 rings (SSSR count). The lowest BCUT2D eigenvalue weighted by Crippen LogP contribution is -2.05. The van der Waals surface area contributed by atoms with Crippen LogP contribution in [0.15, 0.2) is 53.1 Å². The Kier molecular flexibility index (Phi) is 4.28. The minimum Gasteiger partial charge on any atom is -0.497 e. The first kappa shape index (κ1) is 15.1. The fraction of sp³-hybridized carbons (Fsp3) is 0.222. The molecule has 0 amide bonds. The fourth-order valence-corrected chi connectivity index (χ4v) is 2.15. The molecular weight excluding hydrogens is 292 g/mol. The standard InChI is InChI=1S/C18H18N2O3/c1-12(2)22-16-10-6-14(7-11-16)18-19-17(20-23-18)13-4-8-15(21-3)9-5-13/h4-12H,1-3H3. The summed E-state index contributed by atoms with van der Waals surface area (Å²) in [4.78, 5) is 4.44. The predicted octanol–water partition coefficient (Wildman–Crippen LogP) is 4.20. The summed E-state index contributed by atoms with van der Waals surface area (Å²) in [5, 5.41) is 4.03. The molecule has 0 N–H and O–H groups in total. The van der Waals surface area contributed by atoms with Gasteiger partial charge in [-0.15, -0.1) is 0 Å². The second kappa shape index (κ2) is 6.52. The largest absolute Gasteiger partial charge is 0.497 e. The van der Waals surface area contributed by atoms with Crippen LogP contribution in [0.25, 0.3) is 22.8 Å². The van der Waals surface area contributed by atoms with E-state index in [0.29, 0.717) is 11.7 Å². The van der Waals surface area contributed by atoms with Gasteiger partial charge in [-0.25, -0.2) is 0 Å². The van der Waals surface area contributed by atoms with E-state index in [-0.39, 0.29) is 6.10 Å². The van der Waals surface area contributed by atoms with Gasteiger partial charge in [-0.3, -0.25) is 0 Å². The molecule has 0 aliphatic carbocycles. The third-order valence-electron chi connectivity index (χ3n) is 3.25. The lowest BCUT2D eigenvalue weighted by atomic mass is 10.2. The Morgan fingerprint density at radius 2 is 1.48 bits per heavy atom. The highest BCUT2D eigenvalue weighted by atomic mass is 16.5. The zero-order valence-corrected chi connectivity index (χ0v) is 13.3. The monoisotopic (exact) mass is 310 g/mol. The number of aromatic nitrogens is 2. The molecule has 5 heteroatoms. The van der Waals surface area contributed by atoms with Gasteiger partial charge in [-0.1, -0.05) is 5.16 Å². The summed E-state index contributed by atoms with van der Waals surface area (Å²) < 4.78 is 16.1. The number of benzene rings is 2. The van der Waals surface area contributed by atoms with Crippen molar-refractivity contribution in [3.8, 4) is 34.3 Å². The van der Waals surface area contributed by atoms with Crippen LogP contribution in [0.3, 0.4) is 0 Å². The highest BCUT2D eigenvalue weighted by Crippen LogP contribution is 2.25. The first-order valence-corrected chi connectivity index (χ1v) is 7.41. The maximum Gasteiger partial charge on any atom is 0.258 e. The van der Waals surface area contributed by atoms with Crippen LogP contribution in [0.1, 0.15) is 13.8 Å². The first-order valence-electron chi connectivity index (χ1n) is 7.41. The van der Waals surface area contributed by atoms with Gasteiger partial charge in [0.1, 0.15) is 11.5 Å². The zero-order valence-electron chi connectivity index (χ0n) is 13.3. The van der Waals surface area contributed by atoms with Crippen LogP contribution in [0, 0.1) is 0 Å². The maximum absolute atomic E-state index is 5.62. The molecule has 0 aliphatic heterocycles. The molecule has 0 spiro atoms. The van der Waals surface area contributed by atoms with E-state index in [1.54, 1.807) is 7.11 Å². The van der Waals surface area contributed by atoms with Gasteiger partial charge in [-0.2, -0.15) is 4.98 Å². The molecule has 2 aromatic carbocycles. The third kappa shape index (κ3) is 3.51. The molecular formula is C18H18N2O3. The Balaban J connectivity index is 1.80. The van der Waals surface area contributed by atoms with Gasteiger partial charge in [-0.05, 0) is 62.4 Å². The summed E-state index contributed by atoms with van der Waals surface area (Å²) in [6.45, 7) is 3.99. The number of hydrogen-bond acceptors (Lipinski definition) is 5. The summed E-state index contributed by atoms with van der Waals surface area (Å²) in [6.07, 6.45) is 0.144. The Bertz CT molecular complexity index is 762. The van der Waals surface area contributed by atoms with Gasteiger partial charge >= 0.3 is 0 Å². The predicted molar refractivity (Wildman–Crippen MR) is 87.5 cm³/mol. The van der Waals surface area contributed by atoms with Gasteiger partial charge in [0.15, 0.2) is 0 Å². The molecule has 3 aromatic rings. The number of nitrogens with zero attached hydrogens (tertiary/aromatic N) is 2. The second-order valence-corrected chi connectivity index (χ2v) is 5.34. The summed E-state index contributed by atoms with van der Waals surface area (Å²) in [6, 6.07) is 15.1. The smallest absolute Gasteiger partial charge is 0.258 e. The van der Waals surface area contributed by atoms with Gasteiger partial charge in [0, 0.05) is 11.1 Å². The molecule has 0 aliphatic rings. The Morgan fingerprint density at radius 1 is 0.870 bits per heavy atom. The van der Waals surface area contributed by atoms with Gasteiger partial charge in [0.05, 0.1) is 13.2 Å². The molecule has 0 bridgehead atoms. The summed E-state index contributed by atoms with van der Waals surface area (Å²) >= 11 is 0. The van der Waals surface area contributed by atoms with Crippen molar-refractivity contribution < 1.29 is 14.0 Å². The molecule has 0 saturated heterocycles. The number of ether oxygens (including phenoxy) is 2. The normalized spacial score (nSPS) is 10.8. The van der Waals surface area contributed by atoms with Crippen LogP contribution in [-0.4, -0.2) is 23.4 Å². The minimum atomic E-state index is 0.144. The van der Waals surface area contributed by atoms with Crippen molar-refractivity contribution in [1.82, 2.24) is 10.1 Å². The van der Waals surface area contributed by atoms with Crippen molar-refractivity contribution in [2.75, 3.05) is 7.11 Å². The average molecular weight is 310 g/mol. The van der Waals surface area contributed by atoms with Crippen molar-refractivity contribution in [2.45, 2.75) is 20.0 Å². The molecule has 1 aromatic heterocycles. The van der Waals surface area contributed by atoms with Crippen LogP contribution in [0.2, 0.25) is 0 Å². The van der Waals surface area contributed by atoms with Crippen molar-refractivity contribution in [3.63, 3.8) is 0 Å². The Hall–Kier alpha value is -2.82. The average Bonchev–Trinajstić information content (AvgIpc) is 3.05. The molecule has 0 saturated carbocycles. The molecule has 0 radical (unpaired) electrons. The molecule has 1 heterocycles. The Morgan fingerprint density at radius 3 is 2.09 bits per heavy atom. The van der Waals surface area contributed by atoms with Gasteiger partial charge in [0.2, 0.25) is 5.82 Å². The van der Waals surface area contributed by atoms with Crippen LogP contribution >= 0.6 is 0 Å². The molecule has 118 valence electrons. The van der Waals surface area contributed by atoms with Crippen molar-refractivity contribution in [2.24, 2.45) is 0 Å². The van der Waals surface area contributed by atoms with Crippen LogP contribution in [0.5, 0.6) is 11.5 Å². The zero-order chi connectivity index (χ0) is 16.2. The van der Waals surface area contributed by atoms with Gasteiger partial charge in [0.25, 0.3) is 5.89 Å². The molecule has 0 atom stereocenters. The topological polar surface area (TPSA) is 57.4 Å². The quantitative estimate of drug-likeness (QED) is 0.707. The maximum atomic E-state index is 5.62. The fourth-order valence-electron chi connectivity index (χ4n) is 2.15. The van der Waals surface area contributed by atoms with E-state index in [1.165, 1.54) is 0 Å². The van der Waals surface area contributed by atoms with Crippen molar-refractivity contribution in [1.29, 1.82) is 0 Å². The highest BCUT2D eigenvalue weighted by molar-refractivity contribution is 5.60. The van der Waals surface area contributed by atoms with E-state index < -0.39 is 0 Å². The number of methoxy groups -OCH3 is 1. The van der Waals surface area contributed by atoms with E-state index in [4.69, 9.17) is 14.0 Å². The van der Waals surface area contributed by atoms with E-state index in [0.717, 1.165) is 22.6 Å². The molecule has 5 nitrogen and oxygen atoms in total. The van der Waals surface area contributed by atoms with Gasteiger partial charge < -0.3 is 14.0 Å². The van der Waals surface area contributed by atoms with E-state index in [9.17, 15) is 0 Å². The lowest BCUT2D eigenvalue weighted by Gasteiger charge is -2.09. The second-order valence-electron chi connectivity index (χ2n) is 5.34. The SMILES string of the molecule is COc1ccc(-c2noc(-c3ccc(OC(C)C)cc3)n2)cc1. The number of hydrogen-bond donors (Lipinski definition) is 0. The molecule has 23 heavy (non-hydrogen) atoms. The van der Waals surface area contributed by atoms with Crippen molar-refractivity contribution in [3.05, 3.63) is 48.5 Å². The highest BCUT2D eigenvalue weighted by Gasteiger charge is 2.11.